The summed E-state index contributed by atoms with van der Waals surface area (Å²) >= 11 is 0. The molecule has 0 fully saturated rings. The minimum atomic E-state index is 0.527. The first kappa shape index (κ1) is 9.64. The molecule has 15 heavy (non-hydrogen) atoms. The molecule has 78 valence electrons. The lowest BCUT2D eigenvalue weighted by molar-refractivity contribution is 0.771. The molecule has 0 atom stereocenters. The molecule has 2 rings (SSSR count). The van der Waals surface area contributed by atoms with Crippen LogP contribution in [0.15, 0.2) is 12.3 Å². The molecule has 0 aliphatic carbocycles. The number of nitrogen functional groups attached to an aromatic ring is 1. The summed E-state index contributed by atoms with van der Waals surface area (Å²) in [5.41, 5.74) is 8.49. The second-order valence-corrected chi connectivity index (χ2v) is 3.47. The maximum absolute atomic E-state index is 5.80. The topological polar surface area (TPSA) is 69.6 Å². The van der Waals surface area contributed by atoms with E-state index in [4.69, 9.17) is 5.73 Å². The summed E-state index contributed by atoms with van der Waals surface area (Å²) in [6.45, 7) is 3.74. The summed E-state index contributed by atoms with van der Waals surface area (Å²) in [7, 11) is 1.88. The Morgan fingerprint density at radius 2 is 2.00 bits per heavy atom. The van der Waals surface area contributed by atoms with Gasteiger partial charge in [0, 0.05) is 18.8 Å². The molecule has 0 amide bonds. The first-order valence-electron chi connectivity index (χ1n) is 4.68. The minimum absolute atomic E-state index is 0.527. The van der Waals surface area contributed by atoms with Crippen molar-refractivity contribution in [3.8, 4) is 11.4 Å². The highest BCUT2D eigenvalue weighted by atomic mass is 15.3. The minimum Gasteiger partial charge on any atom is -0.383 e. The maximum atomic E-state index is 5.80. The predicted octanol–water partition coefficient (Wildman–Crippen LogP) is 1.08. The van der Waals surface area contributed by atoms with Crippen LogP contribution in [0, 0.1) is 13.8 Å². The van der Waals surface area contributed by atoms with Gasteiger partial charge in [0.25, 0.3) is 0 Å². The molecule has 5 heteroatoms. The molecule has 0 saturated heterocycles. The number of nitrogens with zero attached hydrogens (tertiary/aromatic N) is 4. The van der Waals surface area contributed by atoms with Crippen LogP contribution in [0.25, 0.3) is 11.4 Å². The van der Waals surface area contributed by atoms with Crippen molar-refractivity contribution >= 4 is 5.82 Å². The number of anilines is 1. The van der Waals surface area contributed by atoms with Crippen LogP contribution in [0.2, 0.25) is 0 Å². The Hall–Kier alpha value is -1.91. The van der Waals surface area contributed by atoms with Gasteiger partial charge in [-0.05, 0) is 19.9 Å². The molecule has 2 heterocycles. The van der Waals surface area contributed by atoms with Crippen molar-refractivity contribution in [1.29, 1.82) is 0 Å². The van der Waals surface area contributed by atoms with Gasteiger partial charge in [0.05, 0.1) is 11.4 Å². The zero-order valence-electron chi connectivity index (χ0n) is 9.02. The van der Waals surface area contributed by atoms with Crippen LogP contribution >= 0.6 is 0 Å². The zero-order valence-corrected chi connectivity index (χ0v) is 9.02. The van der Waals surface area contributed by atoms with E-state index in [1.807, 2.05) is 27.0 Å². The Bertz CT molecular complexity index is 501. The molecule has 0 aliphatic rings. The molecule has 2 aromatic rings. The molecule has 0 radical (unpaired) electrons. The van der Waals surface area contributed by atoms with Gasteiger partial charge in [-0.15, -0.1) is 0 Å². The summed E-state index contributed by atoms with van der Waals surface area (Å²) in [5.74, 6) is 1.20. The number of aryl methyl sites for hydroxylation is 2. The van der Waals surface area contributed by atoms with Gasteiger partial charge >= 0.3 is 0 Å². The molecule has 2 aromatic heterocycles. The number of rotatable bonds is 1. The van der Waals surface area contributed by atoms with E-state index in [2.05, 4.69) is 15.1 Å². The summed E-state index contributed by atoms with van der Waals surface area (Å²) in [5, 5.41) is 4.11. The normalized spacial score (nSPS) is 10.6. The summed E-state index contributed by atoms with van der Waals surface area (Å²) in [4.78, 5) is 8.50. The van der Waals surface area contributed by atoms with Gasteiger partial charge in [-0.2, -0.15) is 5.10 Å². The van der Waals surface area contributed by atoms with Crippen molar-refractivity contribution < 1.29 is 0 Å². The zero-order chi connectivity index (χ0) is 11.0. The second-order valence-electron chi connectivity index (χ2n) is 3.47. The van der Waals surface area contributed by atoms with Crippen molar-refractivity contribution in [3.63, 3.8) is 0 Å². The standard InChI is InChI=1S/C10H13N5/c1-6-9(8-4-5-12-15(8)3)13-7(2)14-10(6)11/h4-5H,1-3H3,(H2,11,13,14). The molecule has 0 spiro atoms. The largest absolute Gasteiger partial charge is 0.383 e. The molecule has 0 unspecified atom stereocenters. The molecule has 0 bridgehead atoms. The molecule has 5 nitrogen and oxygen atoms in total. The Morgan fingerprint density at radius 3 is 2.60 bits per heavy atom. The fourth-order valence-corrected chi connectivity index (χ4v) is 1.51. The van der Waals surface area contributed by atoms with E-state index in [0.29, 0.717) is 11.6 Å². The van der Waals surface area contributed by atoms with Crippen molar-refractivity contribution in [2.24, 2.45) is 7.05 Å². The van der Waals surface area contributed by atoms with E-state index in [1.165, 1.54) is 0 Å². The average Bonchev–Trinajstić information content (AvgIpc) is 2.58. The molecule has 0 aromatic carbocycles. The van der Waals surface area contributed by atoms with E-state index < -0.39 is 0 Å². The monoisotopic (exact) mass is 203 g/mol. The lowest BCUT2D eigenvalue weighted by Crippen LogP contribution is -2.04. The highest BCUT2D eigenvalue weighted by molar-refractivity contribution is 5.64. The Morgan fingerprint density at radius 1 is 1.27 bits per heavy atom. The van der Waals surface area contributed by atoms with Crippen LogP contribution in [0.1, 0.15) is 11.4 Å². The van der Waals surface area contributed by atoms with Gasteiger partial charge in [0.2, 0.25) is 0 Å². The Balaban J connectivity index is 2.68. The quantitative estimate of drug-likeness (QED) is 0.752. The predicted molar refractivity (Wildman–Crippen MR) is 58.1 cm³/mol. The fraction of sp³-hybridized carbons (Fsp3) is 0.300. The maximum Gasteiger partial charge on any atom is 0.130 e. The lowest BCUT2D eigenvalue weighted by atomic mass is 10.2. The number of hydrogen-bond donors (Lipinski definition) is 1. The van der Waals surface area contributed by atoms with Gasteiger partial charge in [0.15, 0.2) is 0 Å². The number of hydrogen-bond acceptors (Lipinski definition) is 4. The smallest absolute Gasteiger partial charge is 0.130 e. The molecular formula is C10H13N5. The van der Waals surface area contributed by atoms with E-state index in [1.54, 1.807) is 10.9 Å². The highest BCUT2D eigenvalue weighted by Gasteiger charge is 2.11. The average molecular weight is 203 g/mol. The van der Waals surface area contributed by atoms with E-state index in [0.717, 1.165) is 17.0 Å². The first-order valence-corrected chi connectivity index (χ1v) is 4.68. The third-order valence-corrected chi connectivity index (χ3v) is 2.36. The van der Waals surface area contributed by atoms with Crippen molar-refractivity contribution in [3.05, 3.63) is 23.7 Å². The molecule has 2 N–H and O–H groups in total. The highest BCUT2D eigenvalue weighted by Crippen LogP contribution is 2.23. The first-order chi connectivity index (χ1) is 7.09. The SMILES string of the molecule is Cc1nc(N)c(C)c(-c2ccnn2C)n1. The fourth-order valence-electron chi connectivity index (χ4n) is 1.51. The van der Waals surface area contributed by atoms with Gasteiger partial charge in [0.1, 0.15) is 11.6 Å². The van der Waals surface area contributed by atoms with Crippen molar-refractivity contribution in [2.75, 3.05) is 5.73 Å². The number of nitrogens with two attached hydrogens (primary N) is 1. The van der Waals surface area contributed by atoms with Crippen LogP contribution in [0.5, 0.6) is 0 Å². The Labute approximate surface area is 88.0 Å². The summed E-state index contributed by atoms with van der Waals surface area (Å²) < 4.78 is 1.77. The molecule has 0 aliphatic heterocycles. The van der Waals surface area contributed by atoms with Gasteiger partial charge < -0.3 is 5.73 Å². The van der Waals surface area contributed by atoms with Gasteiger partial charge in [-0.25, -0.2) is 9.97 Å². The van der Waals surface area contributed by atoms with Crippen LogP contribution in [-0.4, -0.2) is 19.7 Å². The third-order valence-electron chi connectivity index (χ3n) is 2.36. The van der Waals surface area contributed by atoms with Crippen LogP contribution in [-0.2, 0) is 7.05 Å². The third kappa shape index (κ3) is 1.56. The van der Waals surface area contributed by atoms with E-state index >= 15 is 0 Å². The van der Waals surface area contributed by atoms with Crippen LogP contribution in [0.4, 0.5) is 5.82 Å². The Kier molecular flexibility index (Phi) is 2.15. The molecule has 0 saturated carbocycles. The van der Waals surface area contributed by atoms with Crippen LogP contribution < -0.4 is 5.73 Å². The number of aromatic nitrogens is 4. The lowest BCUT2D eigenvalue weighted by Gasteiger charge is -2.08. The van der Waals surface area contributed by atoms with Crippen molar-refractivity contribution in [2.45, 2.75) is 13.8 Å². The van der Waals surface area contributed by atoms with Crippen LogP contribution in [0.3, 0.4) is 0 Å². The summed E-state index contributed by atoms with van der Waals surface area (Å²) in [6.07, 6.45) is 1.74. The van der Waals surface area contributed by atoms with Gasteiger partial charge in [-0.3, -0.25) is 4.68 Å². The van der Waals surface area contributed by atoms with E-state index in [9.17, 15) is 0 Å². The molecular weight excluding hydrogens is 190 g/mol. The van der Waals surface area contributed by atoms with E-state index in [-0.39, 0.29) is 0 Å². The second kappa shape index (κ2) is 3.34. The van der Waals surface area contributed by atoms with Gasteiger partial charge in [-0.1, -0.05) is 0 Å². The van der Waals surface area contributed by atoms with Crippen molar-refractivity contribution in [1.82, 2.24) is 19.7 Å². The summed E-state index contributed by atoms with van der Waals surface area (Å²) in [6, 6.07) is 1.91.